The van der Waals surface area contributed by atoms with E-state index in [-0.39, 0.29) is 0 Å². The largest absolute Gasteiger partial charge is 0.384 e. The van der Waals surface area contributed by atoms with Gasteiger partial charge in [-0.15, -0.1) is 0 Å². The standard InChI is InChI=1S/C15H14BrClO/c1-9-4-3-5-12(10(9)2)15(18)13-8-11(16)6-7-14(13)17/h3-8,15,18H,1-2H3. The van der Waals surface area contributed by atoms with E-state index in [1.807, 2.05) is 44.2 Å². The number of aliphatic hydroxyl groups excluding tert-OH is 1. The van der Waals surface area contributed by atoms with Gasteiger partial charge < -0.3 is 5.11 Å². The van der Waals surface area contributed by atoms with Crippen LogP contribution in [0.5, 0.6) is 0 Å². The highest BCUT2D eigenvalue weighted by molar-refractivity contribution is 9.10. The summed E-state index contributed by atoms with van der Waals surface area (Å²) in [5, 5.41) is 11.1. The van der Waals surface area contributed by atoms with Crippen LogP contribution in [0.1, 0.15) is 28.4 Å². The number of hydrogen-bond donors (Lipinski definition) is 1. The fourth-order valence-electron chi connectivity index (χ4n) is 1.96. The summed E-state index contributed by atoms with van der Waals surface area (Å²) in [7, 11) is 0. The molecule has 0 radical (unpaired) electrons. The van der Waals surface area contributed by atoms with Crippen LogP contribution in [0.4, 0.5) is 0 Å². The molecule has 1 nitrogen and oxygen atoms in total. The molecule has 2 rings (SSSR count). The van der Waals surface area contributed by atoms with Crippen molar-refractivity contribution in [3.63, 3.8) is 0 Å². The van der Waals surface area contributed by atoms with Crippen molar-refractivity contribution in [2.75, 3.05) is 0 Å². The summed E-state index contributed by atoms with van der Waals surface area (Å²) in [5.41, 5.74) is 3.88. The van der Waals surface area contributed by atoms with Crippen molar-refractivity contribution in [2.45, 2.75) is 20.0 Å². The number of benzene rings is 2. The van der Waals surface area contributed by atoms with Gasteiger partial charge in [0.15, 0.2) is 0 Å². The lowest BCUT2D eigenvalue weighted by atomic mass is 9.95. The molecule has 1 atom stereocenters. The Balaban J connectivity index is 2.51. The van der Waals surface area contributed by atoms with Crippen molar-refractivity contribution in [2.24, 2.45) is 0 Å². The lowest BCUT2D eigenvalue weighted by Gasteiger charge is -2.17. The van der Waals surface area contributed by atoms with E-state index in [0.717, 1.165) is 26.7 Å². The van der Waals surface area contributed by atoms with E-state index in [2.05, 4.69) is 15.9 Å². The van der Waals surface area contributed by atoms with Crippen molar-refractivity contribution in [1.82, 2.24) is 0 Å². The van der Waals surface area contributed by atoms with Gasteiger partial charge in [0, 0.05) is 15.1 Å². The summed E-state index contributed by atoms with van der Waals surface area (Å²) < 4.78 is 0.909. The Kier molecular flexibility index (Phi) is 4.10. The van der Waals surface area contributed by atoms with Crippen LogP contribution in [0.2, 0.25) is 5.02 Å². The second kappa shape index (κ2) is 5.43. The van der Waals surface area contributed by atoms with Crippen LogP contribution >= 0.6 is 27.5 Å². The third-order valence-electron chi connectivity index (χ3n) is 3.19. The molecule has 0 fully saturated rings. The van der Waals surface area contributed by atoms with Crippen LogP contribution < -0.4 is 0 Å². The Bertz CT molecular complexity index is 579. The van der Waals surface area contributed by atoms with Gasteiger partial charge in [0.1, 0.15) is 6.10 Å². The maximum atomic E-state index is 10.5. The first-order valence-electron chi connectivity index (χ1n) is 5.70. The first kappa shape index (κ1) is 13.6. The Morgan fingerprint density at radius 1 is 1.11 bits per heavy atom. The first-order chi connectivity index (χ1) is 8.50. The summed E-state index contributed by atoms with van der Waals surface area (Å²) in [6.45, 7) is 4.05. The van der Waals surface area contributed by atoms with Gasteiger partial charge in [0.05, 0.1) is 0 Å². The van der Waals surface area contributed by atoms with E-state index in [0.29, 0.717) is 5.02 Å². The molecule has 0 aliphatic rings. The molecule has 2 aromatic rings. The molecule has 0 saturated heterocycles. The molecule has 0 saturated carbocycles. The van der Waals surface area contributed by atoms with Gasteiger partial charge >= 0.3 is 0 Å². The molecule has 0 aliphatic carbocycles. The summed E-state index contributed by atoms with van der Waals surface area (Å²) in [6.07, 6.45) is -0.699. The number of rotatable bonds is 2. The molecule has 0 heterocycles. The van der Waals surface area contributed by atoms with E-state index in [1.54, 1.807) is 6.07 Å². The van der Waals surface area contributed by atoms with E-state index in [9.17, 15) is 5.11 Å². The third kappa shape index (κ3) is 2.61. The van der Waals surface area contributed by atoms with Gasteiger partial charge in [-0.05, 0) is 48.7 Å². The number of aryl methyl sites for hydroxylation is 1. The summed E-state index contributed by atoms with van der Waals surface area (Å²) >= 11 is 9.55. The molecular formula is C15H14BrClO. The van der Waals surface area contributed by atoms with Gasteiger partial charge in [0.2, 0.25) is 0 Å². The zero-order valence-corrected chi connectivity index (χ0v) is 12.6. The predicted octanol–water partition coefficient (Wildman–Crippen LogP) is 4.80. The second-order valence-corrected chi connectivity index (χ2v) is 5.68. The molecule has 1 N–H and O–H groups in total. The minimum absolute atomic E-state index is 0.576. The van der Waals surface area contributed by atoms with Crippen LogP contribution in [0.25, 0.3) is 0 Å². The maximum Gasteiger partial charge on any atom is 0.106 e. The lowest BCUT2D eigenvalue weighted by molar-refractivity contribution is 0.219. The quantitative estimate of drug-likeness (QED) is 0.841. The molecule has 0 spiro atoms. The highest BCUT2D eigenvalue weighted by Gasteiger charge is 2.16. The number of halogens is 2. The van der Waals surface area contributed by atoms with Gasteiger partial charge in [0.25, 0.3) is 0 Å². The van der Waals surface area contributed by atoms with Crippen LogP contribution in [-0.4, -0.2) is 5.11 Å². The Hall–Kier alpha value is -0.830. The molecule has 0 bridgehead atoms. The SMILES string of the molecule is Cc1cccc(C(O)c2cc(Br)ccc2Cl)c1C. The first-order valence-corrected chi connectivity index (χ1v) is 6.87. The molecular weight excluding hydrogens is 312 g/mol. The van der Waals surface area contributed by atoms with Crippen molar-refractivity contribution < 1.29 is 5.11 Å². The summed E-state index contributed by atoms with van der Waals surface area (Å²) in [4.78, 5) is 0. The molecule has 1 unspecified atom stereocenters. The molecule has 3 heteroatoms. The maximum absolute atomic E-state index is 10.5. The van der Waals surface area contributed by atoms with Crippen molar-refractivity contribution in [1.29, 1.82) is 0 Å². The fraction of sp³-hybridized carbons (Fsp3) is 0.200. The molecule has 0 amide bonds. The Morgan fingerprint density at radius 2 is 1.83 bits per heavy atom. The van der Waals surface area contributed by atoms with Crippen LogP contribution in [0.3, 0.4) is 0 Å². The zero-order valence-electron chi connectivity index (χ0n) is 10.2. The zero-order chi connectivity index (χ0) is 13.3. The van der Waals surface area contributed by atoms with Gasteiger partial charge in [-0.2, -0.15) is 0 Å². The minimum atomic E-state index is -0.699. The van der Waals surface area contributed by atoms with Crippen molar-refractivity contribution >= 4 is 27.5 Å². The lowest BCUT2D eigenvalue weighted by Crippen LogP contribution is -2.03. The van der Waals surface area contributed by atoms with E-state index in [1.165, 1.54) is 0 Å². The van der Waals surface area contributed by atoms with Gasteiger partial charge in [-0.1, -0.05) is 45.7 Å². The average Bonchev–Trinajstić information content (AvgIpc) is 2.35. The monoisotopic (exact) mass is 324 g/mol. The van der Waals surface area contributed by atoms with E-state index >= 15 is 0 Å². The summed E-state index contributed by atoms with van der Waals surface area (Å²) in [5.74, 6) is 0. The van der Waals surface area contributed by atoms with Gasteiger partial charge in [-0.3, -0.25) is 0 Å². The molecule has 0 aliphatic heterocycles. The second-order valence-electron chi connectivity index (χ2n) is 4.36. The predicted molar refractivity (Wildman–Crippen MR) is 79.1 cm³/mol. The van der Waals surface area contributed by atoms with Crippen molar-refractivity contribution in [3.05, 3.63) is 68.1 Å². The number of aliphatic hydroxyl groups is 1. The van der Waals surface area contributed by atoms with Crippen LogP contribution in [0, 0.1) is 13.8 Å². The molecule has 94 valence electrons. The van der Waals surface area contributed by atoms with Crippen LogP contribution in [0.15, 0.2) is 40.9 Å². The topological polar surface area (TPSA) is 20.2 Å². The highest BCUT2D eigenvalue weighted by Crippen LogP contribution is 2.32. The van der Waals surface area contributed by atoms with Gasteiger partial charge in [-0.25, -0.2) is 0 Å². The Morgan fingerprint density at radius 3 is 2.56 bits per heavy atom. The normalized spacial score (nSPS) is 12.5. The van der Waals surface area contributed by atoms with Crippen molar-refractivity contribution in [3.8, 4) is 0 Å². The fourth-order valence-corrected chi connectivity index (χ4v) is 2.56. The summed E-state index contributed by atoms with van der Waals surface area (Å²) in [6, 6.07) is 11.4. The molecule has 2 aromatic carbocycles. The van der Waals surface area contributed by atoms with Crippen LogP contribution in [-0.2, 0) is 0 Å². The molecule has 0 aromatic heterocycles. The minimum Gasteiger partial charge on any atom is -0.384 e. The molecule has 18 heavy (non-hydrogen) atoms. The highest BCUT2D eigenvalue weighted by atomic mass is 79.9. The smallest absolute Gasteiger partial charge is 0.106 e. The van der Waals surface area contributed by atoms with E-state index in [4.69, 9.17) is 11.6 Å². The number of hydrogen-bond acceptors (Lipinski definition) is 1. The average molecular weight is 326 g/mol. The third-order valence-corrected chi connectivity index (χ3v) is 4.03. The Labute approximate surface area is 121 Å². The van der Waals surface area contributed by atoms with E-state index < -0.39 is 6.10 Å².